The van der Waals surface area contributed by atoms with E-state index in [1.54, 1.807) is 6.07 Å². The number of para-hydroxylation sites is 1. The maximum Gasteiger partial charge on any atom is 0.293 e. The van der Waals surface area contributed by atoms with Crippen LogP contribution in [-0.2, 0) is 11.5 Å². The predicted octanol–water partition coefficient (Wildman–Crippen LogP) is 0.218. The molecular weight excluding hydrogens is 281 g/mol. The highest BCUT2D eigenvalue weighted by Gasteiger charge is 2.17. The highest BCUT2D eigenvalue weighted by Crippen LogP contribution is 2.13. The number of nitrogens with two attached hydrogens (primary N) is 1. The summed E-state index contributed by atoms with van der Waals surface area (Å²) in [7, 11) is 0. The zero-order valence-corrected chi connectivity index (χ0v) is 11.0. The molecule has 2 aromatic rings. The average molecular weight is 295 g/mol. The number of aliphatic hydroxyl groups excluding tert-OH is 1. The van der Waals surface area contributed by atoms with Crippen molar-refractivity contribution >= 4 is 17.5 Å². The van der Waals surface area contributed by atoms with Crippen LogP contribution in [0.1, 0.15) is 10.6 Å². The summed E-state index contributed by atoms with van der Waals surface area (Å²) in [5.74, 6) is -1.46. The molecular formula is C12H14FN5O3. The van der Waals surface area contributed by atoms with Crippen LogP contribution >= 0.6 is 0 Å². The minimum absolute atomic E-state index is 0.0203. The SMILES string of the molecule is Nc1nc(C(=O)Nc2ccccc2F)n(COCCO)n1. The molecule has 1 aromatic heterocycles. The van der Waals surface area contributed by atoms with Crippen LogP contribution in [0, 0.1) is 5.82 Å². The minimum Gasteiger partial charge on any atom is -0.394 e. The molecule has 1 aromatic carbocycles. The highest BCUT2D eigenvalue weighted by molar-refractivity contribution is 6.01. The molecule has 0 aliphatic carbocycles. The number of amides is 1. The molecule has 21 heavy (non-hydrogen) atoms. The predicted molar refractivity (Wildman–Crippen MR) is 71.8 cm³/mol. The first kappa shape index (κ1) is 14.9. The lowest BCUT2D eigenvalue weighted by Crippen LogP contribution is -2.20. The molecule has 0 unspecified atom stereocenters. The van der Waals surface area contributed by atoms with Crippen molar-refractivity contribution in [2.75, 3.05) is 24.3 Å². The number of aliphatic hydroxyl groups is 1. The smallest absolute Gasteiger partial charge is 0.293 e. The molecule has 0 saturated carbocycles. The van der Waals surface area contributed by atoms with Gasteiger partial charge in [-0.3, -0.25) is 4.79 Å². The van der Waals surface area contributed by atoms with Crippen LogP contribution in [0.15, 0.2) is 24.3 Å². The molecule has 112 valence electrons. The van der Waals surface area contributed by atoms with Crippen LogP contribution in [0.25, 0.3) is 0 Å². The summed E-state index contributed by atoms with van der Waals surface area (Å²) in [5, 5.41) is 14.8. The van der Waals surface area contributed by atoms with Gasteiger partial charge >= 0.3 is 0 Å². The van der Waals surface area contributed by atoms with Crippen molar-refractivity contribution in [2.24, 2.45) is 0 Å². The fraction of sp³-hybridized carbons (Fsp3) is 0.250. The van der Waals surface area contributed by atoms with Gasteiger partial charge in [0.25, 0.3) is 5.91 Å². The van der Waals surface area contributed by atoms with E-state index < -0.39 is 11.7 Å². The minimum atomic E-state index is -0.670. The number of hydrogen-bond donors (Lipinski definition) is 3. The molecule has 1 heterocycles. The van der Waals surface area contributed by atoms with Crippen LogP contribution in [0.5, 0.6) is 0 Å². The van der Waals surface area contributed by atoms with Gasteiger partial charge in [-0.25, -0.2) is 9.07 Å². The van der Waals surface area contributed by atoms with E-state index in [0.29, 0.717) is 0 Å². The molecule has 0 radical (unpaired) electrons. The normalized spacial score (nSPS) is 10.6. The Kier molecular flexibility index (Phi) is 4.80. The molecule has 9 heteroatoms. The number of nitrogens with zero attached hydrogens (tertiary/aromatic N) is 3. The van der Waals surface area contributed by atoms with Crippen molar-refractivity contribution in [2.45, 2.75) is 6.73 Å². The Balaban J connectivity index is 2.13. The third-order valence-electron chi connectivity index (χ3n) is 2.46. The summed E-state index contributed by atoms with van der Waals surface area (Å²) in [5.41, 5.74) is 5.46. The van der Waals surface area contributed by atoms with E-state index in [4.69, 9.17) is 15.6 Å². The van der Waals surface area contributed by atoms with Crippen LogP contribution in [0.4, 0.5) is 16.0 Å². The molecule has 0 bridgehead atoms. The maximum absolute atomic E-state index is 13.5. The standard InChI is InChI=1S/C12H14FN5O3/c13-8-3-1-2-4-9(8)15-11(20)10-16-12(14)17-18(10)7-21-6-5-19/h1-4,19H,5-7H2,(H2,14,17)(H,15,20). The van der Waals surface area contributed by atoms with Crippen molar-refractivity contribution in [3.63, 3.8) is 0 Å². The van der Waals surface area contributed by atoms with Gasteiger partial charge in [-0.1, -0.05) is 12.1 Å². The average Bonchev–Trinajstić information content (AvgIpc) is 2.83. The molecule has 0 aliphatic rings. The molecule has 8 nitrogen and oxygen atoms in total. The van der Waals surface area contributed by atoms with Crippen LogP contribution in [0.3, 0.4) is 0 Å². The van der Waals surface area contributed by atoms with Gasteiger partial charge < -0.3 is 20.9 Å². The van der Waals surface area contributed by atoms with E-state index in [-0.39, 0.29) is 37.4 Å². The van der Waals surface area contributed by atoms with Gasteiger partial charge in [0.1, 0.15) is 12.5 Å². The molecule has 0 atom stereocenters. The number of rotatable bonds is 6. The largest absolute Gasteiger partial charge is 0.394 e. The first-order valence-electron chi connectivity index (χ1n) is 6.06. The summed E-state index contributed by atoms with van der Waals surface area (Å²) < 4.78 is 19.7. The van der Waals surface area contributed by atoms with E-state index in [0.717, 1.165) is 4.68 Å². The Morgan fingerprint density at radius 3 is 2.95 bits per heavy atom. The quantitative estimate of drug-likeness (QED) is 0.657. The van der Waals surface area contributed by atoms with E-state index in [9.17, 15) is 9.18 Å². The molecule has 0 aliphatic heterocycles. The van der Waals surface area contributed by atoms with Gasteiger partial charge in [0, 0.05) is 0 Å². The molecule has 0 spiro atoms. The second-order valence-corrected chi connectivity index (χ2v) is 3.99. The number of ether oxygens (including phenoxy) is 1. The Hall–Kier alpha value is -2.52. The summed E-state index contributed by atoms with van der Waals surface area (Å²) in [4.78, 5) is 15.8. The molecule has 1 amide bonds. The van der Waals surface area contributed by atoms with Gasteiger partial charge in [0.2, 0.25) is 11.8 Å². The molecule has 0 fully saturated rings. The monoisotopic (exact) mass is 295 g/mol. The number of nitrogens with one attached hydrogen (secondary N) is 1. The number of hydrogen-bond acceptors (Lipinski definition) is 6. The summed E-state index contributed by atoms with van der Waals surface area (Å²) in [6.45, 7) is -0.195. The molecule has 2 rings (SSSR count). The lowest BCUT2D eigenvalue weighted by Gasteiger charge is -2.07. The molecule has 0 saturated heterocycles. The van der Waals surface area contributed by atoms with Crippen molar-refractivity contribution in [3.8, 4) is 0 Å². The van der Waals surface area contributed by atoms with Crippen molar-refractivity contribution in [3.05, 3.63) is 35.9 Å². The van der Waals surface area contributed by atoms with Gasteiger partial charge in [-0.15, -0.1) is 5.10 Å². The number of carbonyl (C=O) groups excluding carboxylic acids is 1. The second kappa shape index (κ2) is 6.77. The first-order chi connectivity index (χ1) is 10.1. The Labute approximate surface area is 119 Å². The third-order valence-corrected chi connectivity index (χ3v) is 2.46. The Morgan fingerprint density at radius 1 is 1.48 bits per heavy atom. The fourth-order valence-electron chi connectivity index (χ4n) is 1.57. The van der Waals surface area contributed by atoms with Crippen molar-refractivity contribution < 1.29 is 19.0 Å². The maximum atomic E-state index is 13.5. The highest BCUT2D eigenvalue weighted by atomic mass is 19.1. The van der Waals surface area contributed by atoms with Crippen LogP contribution in [-0.4, -0.2) is 39.0 Å². The van der Waals surface area contributed by atoms with E-state index in [1.807, 2.05) is 0 Å². The Morgan fingerprint density at radius 2 is 2.24 bits per heavy atom. The van der Waals surface area contributed by atoms with E-state index in [1.165, 1.54) is 18.2 Å². The van der Waals surface area contributed by atoms with Crippen molar-refractivity contribution in [1.29, 1.82) is 0 Å². The number of nitrogen functional groups attached to an aromatic ring is 1. The van der Waals surface area contributed by atoms with E-state index >= 15 is 0 Å². The lowest BCUT2D eigenvalue weighted by atomic mass is 10.3. The third kappa shape index (κ3) is 3.74. The summed E-state index contributed by atoms with van der Waals surface area (Å²) in [6, 6.07) is 5.73. The summed E-state index contributed by atoms with van der Waals surface area (Å²) >= 11 is 0. The van der Waals surface area contributed by atoms with Gasteiger partial charge in [0.05, 0.1) is 18.9 Å². The summed E-state index contributed by atoms with van der Waals surface area (Å²) in [6.07, 6.45) is 0. The van der Waals surface area contributed by atoms with Crippen molar-refractivity contribution in [1.82, 2.24) is 14.8 Å². The van der Waals surface area contributed by atoms with Gasteiger partial charge in [-0.2, -0.15) is 4.98 Å². The first-order valence-corrected chi connectivity index (χ1v) is 6.06. The lowest BCUT2D eigenvalue weighted by molar-refractivity contribution is 0.0401. The van der Waals surface area contributed by atoms with Crippen LogP contribution < -0.4 is 11.1 Å². The number of halogens is 1. The van der Waals surface area contributed by atoms with Gasteiger partial charge in [-0.05, 0) is 12.1 Å². The second-order valence-electron chi connectivity index (χ2n) is 3.99. The number of benzene rings is 1. The van der Waals surface area contributed by atoms with E-state index in [2.05, 4.69) is 15.4 Å². The van der Waals surface area contributed by atoms with Crippen LogP contribution in [0.2, 0.25) is 0 Å². The Bertz CT molecular complexity index is 631. The van der Waals surface area contributed by atoms with Gasteiger partial charge in [0.15, 0.2) is 0 Å². The topological polar surface area (TPSA) is 115 Å². The fourth-order valence-corrected chi connectivity index (χ4v) is 1.57. The molecule has 4 N–H and O–H groups in total. The zero-order valence-electron chi connectivity index (χ0n) is 11.0. The number of aromatic nitrogens is 3. The zero-order chi connectivity index (χ0) is 15.2. The number of carbonyl (C=O) groups is 1. The number of anilines is 2.